The summed E-state index contributed by atoms with van der Waals surface area (Å²) < 4.78 is 25.4. The van der Waals surface area contributed by atoms with Gasteiger partial charge in [0.2, 0.25) is 5.91 Å². The maximum Gasteiger partial charge on any atom is 0.299 e. The highest BCUT2D eigenvalue weighted by Gasteiger charge is 2.39. The third-order valence-electron chi connectivity index (χ3n) is 8.24. The summed E-state index contributed by atoms with van der Waals surface area (Å²) in [5.41, 5.74) is 2.87. The van der Waals surface area contributed by atoms with Gasteiger partial charge < -0.3 is 24.6 Å². The van der Waals surface area contributed by atoms with E-state index in [2.05, 4.69) is 10.2 Å². The molecule has 1 atom stereocenters. The highest BCUT2D eigenvalue weighted by Crippen LogP contribution is 2.31. The lowest BCUT2D eigenvalue weighted by atomic mass is 10.0. The zero-order chi connectivity index (χ0) is 32.9. The maximum atomic E-state index is 14.6. The second kappa shape index (κ2) is 13.8. The minimum atomic E-state index is -1.30. The molecule has 4 aromatic carbocycles. The Morgan fingerprint density at radius 3 is 2.36 bits per heavy atom. The molecule has 4 aromatic rings. The van der Waals surface area contributed by atoms with Crippen LogP contribution in [0.25, 0.3) is 0 Å². The van der Waals surface area contributed by atoms with E-state index in [1.165, 1.54) is 36.3 Å². The Labute approximate surface area is 271 Å². The quantitative estimate of drug-likeness (QED) is 0.254. The molecule has 3 amide bonds. The maximum absolute atomic E-state index is 14.6. The van der Waals surface area contributed by atoms with E-state index in [-0.39, 0.29) is 17.7 Å². The number of Topliss-reactive ketones (excluding diaryl/α,β-unsaturated/α-hetero) is 1. The minimum Gasteiger partial charge on any atom is -0.497 e. The molecule has 0 bridgehead atoms. The molecule has 1 fully saturated rings. The molecule has 2 aliphatic rings. The number of hydrogen-bond donors (Lipinski definition) is 1. The van der Waals surface area contributed by atoms with Crippen LogP contribution in [0.1, 0.15) is 27.5 Å². The number of nitrogens with one attached hydrogen (secondary N) is 1. The number of amides is 3. The van der Waals surface area contributed by atoms with Crippen LogP contribution in [0.5, 0.6) is 5.75 Å². The average molecular weight is 637 g/mol. The summed E-state index contributed by atoms with van der Waals surface area (Å²) in [5, 5.41) is 2.90. The highest BCUT2D eigenvalue weighted by molar-refractivity contribution is 6.52. The lowest BCUT2D eigenvalue weighted by Gasteiger charge is -2.33. The molecule has 47 heavy (non-hydrogen) atoms. The third kappa shape index (κ3) is 6.85. The van der Waals surface area contributed by atoms with E-state index in [1.807, 2.05) is 12.1 Å². The number of benzene rings is 4. The first-order valence-electron chi connectivity index (χ1n) is 15.2. The molecule has 2 aliphatic heterocycles. The van der Waals surface area contributed by atoms with Crippen molar-refractivity contribution in [2.45, 2.75) is 12.6 Å². The van der Waals surface area contributed by atoms with E-state index in [9.17, 15) is 23.6 Å². The summed E-state index contributed by atoms with van der Waals surface area (Å²) in [6.45, 7) is 2.20. The molecule has 0 spiro atoms. The molecular formula is C36H33FN4O6. The second-order valence-corrected chi connectivity index (χ2v) is 11.2. The lowest BCUT2D eigenvalue weighted by Crippen LogP contribution is -2.46. The van der Waals surface area contributed by atoms with Gasteiger partial charge in [0.1, 0.15) is 24.2 Å². The highest BCUT2D eigenvalue weighted by atomic mass is 19.1. The number of fused-ring (bicyclic) bond motifs is 1. The molecule has 10 nitrogen and oxygen atoms in total. The van der Waals surface area contributed by atoms with Gasteiger partial charge in [-0.05, 0) is 71.8 Å². The fourth-order valence-electron chi connectivity index (χ4n) is 5.82. The number of rotatable bonds is 10. The lowest BCUT2D eigenvalue weighted by molar-refractivity contribution is -0.139. The van der Waals surface area contributed by atoms with E-state index in [0.29, 0.717) is 35.9 Å². The number of hydrogen-bond acceptors (Lipinski definition) is 7. The van der Waals surface area contributed by atoms with Gasteiger partial charge in [0.15, 0.2) is 0 Å². The van der Waals surface area contributed by atoms with E-state index >= 15 is 0 Å². The number of ketones is 1. The van der Waals surface area contributed by atoms with Gasteiger partial charge >= 0.3 is 0 Å². The molecule has 1 N–H and O–H groups in total. The Hall–Kier alpha value is -5.55. The van der Waals surface area contributed by atoms with E-state index in [4.69, 9.17) is 9.47 Å². The van der Waals surface area contributed by atoms with Crippen molar-refractivity contribution in [2.75, 3.05) is 55.1 Å². The Balaban J connectivity index is 1.34. The summed E-state index contributed by atoms with van der Waals surface area (Å²) in [5.74, 6) is -2.73. The first-order valence-corrected chi connectivity index (χ1v) is 15.2. The van der Waals surface area contributed by atoms with Crippen molar-refractivity contribution in [1.82, 2.24) is 4.90 Å². The van der Waals surface area contributed by atoms with E-state index in [0.717, 1.165) is 23.7 Å². The van der Waals surface area contributed by atoms with E-state index < -0.39 is 41.9 Å². The van der Waals surface area contributed by atoms with Crippen LogP contribution in [0.3, 0.4) is 0 Å². The second-order valence-electron chi connectivity index (χ2n) is 11.2. The Morgan fingerprint density at radius 1 is 0.936 bits per heavy atom. The molecule has 1 saturated heterocycles. The van der Waals surface area contributed by atoms with Gasteiger partial charge in [0.25, 0.3) is 17.6 Å². The minimum absolute atomic E-state index is 0.0645. The van der Waals surface area contributed by atoms with Crippen LogP contribution < -0.4 is 19.9 Å². The van der Waals surface area contributed by atoms with E-state index in [1.54, 1.807) is 60.7 Å². The number of nitrogens with zero attached hydrogens (tertiary/aromatic N) is 3. The van der Waals surface area contributed by atoms with Crippen molar-refractivity contribution >= 4 is 40.6 Å². The van der Waals surface area contributed by atoms with Gasteiger partial charge in [-0.15, -0.1) is 0 Å². The zero-order valence-electron chi connectivity index (χ0n) is 25.7. The molecule has 0 radical (unpaired) electrons. The molecule has 0 aliphatic carbocycles. The van der Waals surface area contributed by atoms with Gasteiger partial charge in [-0.3, -0.25) is 24.1 Å². The van der Waals surface area contributed by atoms with Crippen LogP contribution >= 0.6 is 0 Å². The molecule has 0 saturated carbocycles. The predicted octanol–water partition coefficient (Wildman–Crippen LogP) is 4.61. The van der Waals surface area contributed by atoms with Crippen molar-refractivity contribution in [2.24, 2.45) is 0 Å². The number of carbonyl (C=O) groups excluding carboxylic acids is 4. The third-order valence-corrected chi connectivity index (χ3v) is 8.24. The van der Waals surface area contributed by atoms with Crippen LogP contribution in [0.15, 0.2) is 97.1 Å². The smallest absolute Gasteiger partial charge is 0.299 e. The number of ether oxygens (including phenoxy) is 2. The van der Waals surface area contributed by atoms with Crippen LogP contribution in [0.2, 0.25) is 0 Å². The molecule has 11 heteroatoms. The topological polar surface area (TPSA) is 108 Å². The predicted molar refractivity (Wildman–Crippen MR) is 174 cm³/mol. The fourth-order valence-corrected chi connectivity index (χ4v) is 5.82. The summed E-state index contributed by atoms with van der Waals surface area (Å²) in [7, 11) is 1.54. The first-order chi connectivity index (χ1) is 22.8. The van der Waals surface area contributed by atoms with Crippen LogP contribution in [0, 0.1) is 5.82 Å². The van der Waals surface area contributed by atoms with Gasteiger partial charge in [-0.2, -0.15) is 0 Å². The molecule has 1 unspecified atom stereocenters. The van der Waals surface area contributed by atoms with Gasteiger partial charge in [0, 0.05) is 31.0 Å². The molecular weight excluding hydrogens is 603 g/mol. The summed E-state index contributed by atoms with van der Waals surface area (Å²) in [6, 6.07) is 24.9. The SMILES string of the molecule is COc1ccc(CN(C(=O)CN2C(=O)C(=O)c3ccccc32)C(C(=O)Nc2ccc(N3CCOCC3)cc2)c2cccc(F)c2)cc1. The van der Waals surface area contributed by atoms with Crippen molar-refractivity contribution < 1.29 is 33.0 Å². The standard InChI is InChI=1S/C36H33FN4O6/c1-46-29-15-9-24(10-16-29)22-41(32(42)23-40-31-8-3-2-7-30(31)34(43)36(40)45)33(25-5-4-6-26(37)21-25)35(44)38-27-11-13-28(14-12-27)39-17-19-47-20-18-39/h2-16,21,33H,17-20,22-23H2,1H3,(H,38,44). The monoisotopic (exact) mass is 636 g/mol. The van der Waals surface area contributed by atoms with Crippen LogP contribution in [-0.2, 0) is 25.7 Å². The largest absolute Gasteiger partial charge is 0.497 e. The Morgan fingerprint density at radius 2 is 1.66 bits per heavy atom. The molecule has 2 heterocycles. The van der Waals surface area contributed by atoms with Crippen molar-refractivity contribution in [3.8, 4) is 5.75 Å². The van der Waals surface area contributed by atoms with Crippen molar-refractivity contribution in [1.29, 1.82) is 0 Å². The summed E-state index contributed by atoms with van der Waals surface area (Å²) >= 11 is 0. The fraction of sp³-hybridized carbons (Fsp3) is 0.222. The average Bonchev–Trinajstić information content (AvgIpc) is 3.33. The van der Waals surface area contributed by atoms with Gasteiger partial charge in [-0.25, -0.2) is 4.39 Å². The van der Waals surface area contributed by atoms with Crippen LogP contribution in [0.4, 0.5) is 21.5 Å². The number of morpholine rings is 1. The normalized spacial score (nSPS) is 14.9. The van der Waals surface area contributed by atoms with Crippen molar-refractivity contribution in [3.05, 3.63) is 120 Å². The Bertz CT molecular complexity index is 1790. The number of anilines is 3. The zero-order valence-corrected chi connectivity index (χ0v) is 25.7. The summed E-state index contributed by atoms with van der Waals surface area (Å²) in [6.07, 6.45) is 0. The van der Waals surface area contributed by atoms with Crippen LogP contribution in [-0.4, -0.2) is 68.4 Å². The number of carbonyl (C=O) groups is 4. The van der Waals surface area contributed by atoms with Gasteiger partial charge in [-0.1, -0.05) is 36.4 Å². The number of para-hydroxylation sites is 1. The first kappa shape index (κ1) is 31.4. The number of halogens is 1. The van der Waals surface area contributed by atoms with Crippen molar-refractivity contribution in [3.63, 3.8) is 0 Å². The molecule has 6 rings (SSSR count). The summed E-state index contributed by atoms with van der Waals surface area (Å²) in [4.78, 5) is 58.8. The molecule has 0 aromatic heterocycles. The number of methoxy groups -OCH3 is 1. The van der Waals surface area contributed by atoms with Gasteiger partial charge in [0.05, 0.1) is 31.6 Å². The Kier molecular flexibility index (Phi) is 9.25. The molecule has 240 valence electrons.